The average molecular weight is 346 g/mol. The molecule has 0 aliphatic carbocycles. The number of rotatable bonds is 1. The zero-order valence-electron chi connectivity index (χ0n) is 10.7. The van der Waals surface area contributed by atoms with E-state index < -0.39 is 5.54 Å². The molecule has 0 bridgehead atoms. The second-order valence-corrected chi connectivity index (χ2v) is 6.28. The summed E-state index contributed by atoms with van der Waals surface area (Å²) in [6.07, 6.45) is 0. The Bertz CT molecular complexity index is 525. The lowest BCUT2D eigenvalue weighted by Crippen LogP contribution is -2.63. The number of benzene rings is 1. The van der Waals surface area contributed by atoms with E-state index in [1.807, 2.05) is 0 Å². The highest BCUT2D eigenvalue weighted by atomic mass is 79.9. The molecular formula is C13H14BrClN2O2. The van der Waals surface area contributed by atoms with Gasteiger partial charge in [0.1, 0.15) is 5.54 Å². The van der Waals surface area contributed by atoms with Crippen LogP contribution < -0.4 is 5.32 Å². The quantitative estimate of drug-likeness (QED) is 0.850. The average Bonchev–Trinajstić information content (AvgIpc) is 2.30. The van der Waals surface area contributed by atoms with Crippen molar-refractivity contribution in [2.24, 2.45) is 0 Å². The molecule has 1 aromatic rings. The van der Waals surface area contributed by atoms with Crippen LogP contribution in [-0.2, 0) is 4.79 Å². The largest absolute Gasteiger partial charge is 0.352 e. The van der Waals surface area contributed by atoms with Gasteiger partial charge in [-0.05, 0) is 32.0 Å². The van der Waals surface area contributed by atoms with E-state index in [1.54, 1.807) is 36.9 Å². The zero-order valence-corrected chi connectivity index (χ0v) is 13.0. The van der Waals surface area contributed by atoms with Gasteiger partial charge in [0, 0.05) is 28.1 Å². The molecule has 1 fully saturated rings. The van der Waals surface area contributed by atoms with Crippen LogP contribution in [0.15, 0.2) is 22.7 Å². The van der Waals surface area contributed by atoms with Crippen molar-refractivity contribution in [3.05, 3.63) is 33.3 Å². The van der Waals surface area contributed by atoms with Gasteiger partial charge in [-0.25, -0.2) is 0 Å². The van der Waals surface area contributed by atoms with E-state index in [0.29, 0.717) is 23.7 Å². The number of hydrogen-bond acceptors (Lipinski definition) is 2. The minimum Gasteiger partial charge on any atom is -0.352 e. The molecule has 19 heavy (non-hydrogen) atoms. The minimum atomic E-state index is -0.857. The first-order valence-corrected chi connectivity index (χ1v) is 7.06. The molecule has 1 N–H and O–H groups in total. The van der Waals surface area contributed by atoms with Crippen LogP contribution in [0.1, 0.15) is 24.2 Å². The maximum absolute atomic E-state index is 12.5. The summed E-state index contributed by atoms with van der Waals surface area (Å²) < 4.78 is 0.739. The second-order valence-electron chi connectivity index (χ2n) is 4.93. The minimum absolute atomic E-state index is 0.145. The third kappa shape index (κ3) is 2.77. The molecule has 4 nitrogen and oxygen atoms in total. The third-order valence-corrected chi connectivity index (χ3v) is 3.88. The fourth-order valence-electron chi connectivity index (χ4n) is 2.09. The molecular weight excluding hydrogens is 332 g/mol. The topological polar surface area (TPSA) is 49.4 Å². The normalized spacial score (nSPS) is 18.1. The summed E-state index contributed by atoms with van der Waals surface area (Å²) in [5.41, 5.74) is -0.383. The summed E-state index contributed by atoms with van der Waals surface area (Å²) in [6.45, 7) is 4.43. The van der Waals surface area contributed by atoms with E-state index in [4.69, 9.17) is 11.6 Å². The van der Waals surface area contributed by atoms with Crippen LogP contribution in [0.5, 0.6) is 0 Å². The standard InChI is InChI=1S/C13H14BrClN2O2/c1-13(2)12(19)16-3-4-17(13)11(18)8-5-9(14)7-10(15)6-8/h5-7H,3-4H2,1-2H3,(H,16,19). The molecule has 0 aromatic heterocycles. The monoisotopic (exact) mass is 344 g/mol. The summed E-state index contributed by atoms with van der Waals surface area (Å²) in [5, 5.41) is 3.25. The summed E-state index contributed by atoms with van der Waals surface area (Å²) >= 11 is 9.26. The lowest BCUT2D eigenvalue weighted by molar-refractivity contribution is -0.133. The number of nitrogens with one attached hydrogen (secondary N) is 1. The van der Waals surface area contributed by atoms with Crippen LogP contribution in [0, 0.1) is 0 Å². The Hall–Kier alpha value is -1.07. The number of hydrogen-bond donors (Lipinski definition) is 1. The third-order valence-electron chi connectivity index (χ3n) is 3.21. The van der Waals surface area contributed by atoms with Crippen molar-refractivity contribution in [3.63, 3.8) is 0 Å². The molecule has 1 aliphatic rings. The van der Waals surface area contributed by atoms with E-state index in [9.17, 15) is 9.59 Å². The highest BCUT2D eigenvalue weighted by Crippen LogP contribution is 2.24. The molecule has 0 saturated carbocycles. The second kappa shape index (κ2) is 5.13. The molecule has 0 radical (unpaired) electrons. The Morgan fingerprint density at radius 3 is 2.74 bits per heavy atom. The number of nitrogens with zero attached hydrogens (tertiary/aromatic N) is 1. The maximum Gasteiger partial charge on any atom is 0.254 e. The zero-order chi connectivity index (χ0) is 14.2. The van der Waals surface area contributed by atoms with Crippen molar-refractivity contribution in [2.75, 3.05) is 13.1 Å². The molecule has 6 heteroatoms. The van der Waals surface area contributed by atoms with Gasteiger partial charge in [-0.2, -0.15) is 0 Å². The molecule has 0 spiro atoms. The molecule has 1 aromatic carbocycles. The van der Waals surface area contributed by atoms with Crippen LogP contribution >= 0.6 is 27.5 Å². The van der Waals surface area contributed by atoms with Gasteiger partial charge in [0.05, 0.1) is 0 Å². The lowest BCUT2D eigenvalue weighted by Gasteiger charge is -2.41. The first-order chi connectivity index (χ1) is 8.82. The summed E-state index contributed by atoms with van der Waals surface area (Å²) in [6, 6.07) is 5.03. The molecule has 102 valence electrons. The van der Waals surface area contributed by atoms with Crippen molar-refractivity contribution in [3.8, 4) is 0 Å². The Morgan fingerprint density at radius 2 is 2.11 bits per heavy atom. The SMILES string of the molecule is CC1(C)C(=O)NCCN1C(=O)c1cc(Cl)cc(Br)c1. The van der Waals surface area contributed by atoms with Gasteiger partial charge in [-0.1, -0.05) is 27.5 Å². The van der Waals surface area contributed by atoms with E-state index in [-0.39, 0.29) is 11.8 Å². The summed E-state index contributed by atoms with van der Waals surface area (Å²) in [7, 11) is 0. The fraction of sp³-hybridized carbons (Fsp3) is 0.385. The maximum atomic E-state index is 12.5. The first kappa shape index (κ1) is 14.3. The van der Waals surface area contributed by atoms with Gasteiger partial charge in [-0.3, -0.25) is 9.59 Å². The number of amides is 2. The predicted molar refractivity (Wildman–Crippen MR) is 77.3 cm³/mol. The van der Waals surface area contributed by atoms with Crippen molar-refractivity contribution in [1.29, 1.82) is 0 Å². The predicted octanol–water partition coefficient (Wildman–Crippen LogP) is 2.45. The smallest absolute Gasteiger partial charge is 0.254 e. The van der Waals surface area contributed by atoms with Crippen LogP contribution in [0.25, 0.3) is 0 Å². The number of carbonyl (C=O) groups is 2. The number of carbonyl (C=O) groups excluding carboxylic acids is 2. The number of piperazine rings is 1. The van der Waals surface area contributed by atoms with E-state index >= 15 is 0 Å². The van der Waals surface area contributed by atoms with Crippen molar-refractivity contribution in [1.82, 2.24) is 10.2 Å². The Balaban J connectivity index is 2.35. The van der Waals surface area contributed by atoms with E-state index in [0.717, 1.165) is 4.47 Å². The highest BCUT2D eigenvalue weighted by molar-refractivity contribution is 9.10. The molecule has 1 aliphatic heterocycles. The van der Waals surface area contributed by atoms with Gasteiger partial charge in [-0.15, -0.1) is 0 Å². The summed E-state index contributed by atoms with van der Waals surface area (Å²) in [5.74, 6) is -0.337. The van der Waals surface area contributed by atoms with E-state index in [2.05, 4.69) is 21.2 Å². The molecule has 2 amide bonds. The Labute approximate surface area is 125 Å². The van der Waals surface area contributed by atoms with Crippen LogP contribution in [-0.4, -0.2) is 35.3 Å². The molecule has 0 unspecified atom stereocenters. The summed E-state index contributed by atoms with van der Waals surface area (Å²) in [4.78, 5) is 26.0. The molecule has 1 saturated heterocycles. The van der Waals surface area contributed by atoms with Gasteiger partial charge in [0.15, 0.2) is 0 Å². The van der Waals surface area contributed by atoms with Crippen molar-refractivity contribution in [2.45, 2.75) is 19.4 Å². The Morgan fingerprint density at radius 1 is 1.42 bits per heavy atom. The molecule has 0 atom stereocenters. The first-order valence-electron chi connectivity index (χ1n) is 5.89. The van der Waals surface area contributed by atoms with Gasteiger partial charge in [0.25, 0.3) is 5.91 Å². The lowest BCUT2D eigenvalue weighted by atomic mass is 9.97. The van der Waals surface area contributed by atoms with Gasteiger partial charge < -0.3 is 10.2 Å². The van der Waals surface area contributed by atoms with E-state index in [1.165, 1.54) is 0 Å². The number of halogens is 2. The van der Waals surface area contributed by atoms with Crippen LogP contribution in [0.4, 0.5) is 0 Å². The van der Waals surface area contributed by atoms with Crippen LogP contribution in [0.2, 0.25) is 5.02 Å². The van der Waals surface area contributed by atoms with Crippen molar-refractivity contribution < 1.29 is 9.59 Å². The fourth-order valence-corrected chi connectivity index (χ4v) is 2.95. The molecule has 1 heterocycles. The Kier molecular flexibility index (Phi) is 3.87. The molecule has 2 rings (SSSR count). The van der Waals surface area contributed by atoms with Gasteiger partial charge in [0.2, 0.25) is 5.91 Å². The van der Waals surface area contributed by atoms with Crippen LogP contribution in [0.3, 0.4) is 0 Å². The van der Waals surface area contributed by atoms with Gasteiger partial charge >= 0.3 is 0 Å². The highest BCUT2D eigenvalue weighted by Gasteiger charge is 2.40. The van der Waals surface area contributed by atoms with Crippen molar-refractivity contribution >= 4 is 39.3 Å².